The summed E-state index contributed by atoms with van der Waals surface area (Å²) in [6, 6.07) is 11.8. The lowest BCUT2D eigenvalue weighted by Crippen LogP contribution is -2.17. The van der Waals surface area contributed by atoms with Crippen LogP contribution in [0.5, 0.6) is 0 Å². The van der Waals surface area contributed by atoms with Crippen LogP contribution in [0.4, 0.5) is 5.69 Å². The molecule has 0 bridgehead atoms. The normalized spacial score (nSPS) is 9.43. The van der Waals surface area contributed by atoms with E-state index in [4.69, 9.17) is 0 Å². The van der Waals surface area contributed by atoms with Crippen molar-refractivity contribution in [2.45, 2.75) is 26.3 Å². The minimum Gasteiger partial charge on any atom is -0.326 e. The Hall–Kier alpha value is -1.62. The van der Waals surface area contributed by atoms with Gasteiger partial charge in [-0.3, -0.25) is 9.78 Å². The van der Waals surface area contributed by atoms with Crippen LogP contribution in [0.1, 0.15) is 24.5 Å². The number of hydrogen-bond donors (Lipinski definition) is 2. The number of carbonyl (C=O) groups is 1. The first-order valence-electron chi connectivity index (χ1n) is 7.27. The highest BCUT2D eigenvalue weighted by Gasteiger charge is 2.06. The number of carbonyl (C=O) groups excluding carboxylic acids is 1. The van der Waals surface area contributed by atoms with Gasteiger partial charge < -0.3 is 10.6 Å². The lowest BCUT2D eigenvalue weighted by atomic mass is 10.1. The molecule has 126 valence electrons. The van der Waals surface area contributed by atoms with Crippen LogP contribution in [-0.2, 0) is 17.8 Å². The number of rotatable bonds is 7. The Morgan fingerprint density at radius 1 is 1.09 bits per heavy atom. The summed E-state index contributed by atoms with van der Waals surface area (Å²) >= 11 is 0. The second-order valence-electron chi connectivity index (χ2n) is 4.84. The summed E-state index contributed by atoms with van der Waals surface area (Å²) in [5.74, 6) is 0.0377. The highest BCUT2D eigenvalue weighted by atomic mass is 35.5. The van der Waals surface area contributed by atoms with Crippen LogP contribution in [-0.4, -0.2) is 17.4 Å². The standard InChI is InChI=1S/C17H21N3O.2ClH/c1-2-18-13-15-5-3-4-6-16(15)20-17(21)8-7-14-9-11-19-12-10-14;;/h3-6,9-12,18H,2,7-8,13H2,1H3,(H,20,21);2*1H. The Morgan fingerprint density at radius 3 is 2.48 bits per heavy atom. The molecule has 1 aromatic carbocycles. The van der Waals surface area contributed by atoms with E-state index in [2.05, 4.69) is 22.5 Å². The fraction of sp³-hybridized carbons (Fsp3) is 0.294. The van der Waals surface area contributed by atoms with Gasteiger partial charge >= 0.3 is 0 Å². The summed E-state index contributed by atoms with van der Waals surface area (Å²) in [5.41, 5.74) is 3.12. The zero-order chi connectivity index (χ0) is 14.9. The van der Waals surface area contributed by atoms with Crippen molar-refractivity contribution in [3.8, 4) is 0 Å². The fourth-order valence-corrected chi connectivity index (χ4v) is 2.08. The van der Waals surface area contributed by atoms with E-state index < -0.39 is 0 Å². The number of nitrogens with zero attached hydrogens (tertiary/aromatic N) is 1. The number of aryl methyl sites for hydroxylation is 1. The predicted octanol–water partition coefficient (Wildman–Crippen LogP) is 3.61. The van der Waals surface area contributed by atoms with E-state index in [1.165, 1.54) is 0 Å². The van der Waals surface area contributed by atoms with Crippen LogP contribution in [0.2, 0.25) is 0 Å². The maximum atomic E-state index is 12.1. The minimum absolute atomic E-state index is 0. The van der Waals surface area contributed by atoms with E-state index in [1.807, 2.05) is 36.4 Å². The minimum atomic E-state index is 0. The topological polar surface area (TPSA) is 54.0 Å². The highest BCUT2D eigenvalue weighted by Crippen LogP contribution is 2.15. The van der Waals surface area contributed by atoms with Crippen molar-refractivity contribution in [2.75, 3.05) is 11.9 Å². The van der Waals surface area contributed by atoms with Crippen molar-refractivity contribution in [1.82, 2.24) is 10.3 Å². The van der Waals surface area contributed by atoms with Crippen LogP contribution < -0.4 is 10.6 Å². The summed E-state index contributed by atoms with van der Waals surface area (Å²) in [7, 11) is 0. The molecule has 0 spiro atoms. The number of nitrogens with one attached hydrogen (secondary N) is 2. The zero-order valence-corrected chi connectivity index (χ0v) is 14.8. The average Bonchev–Trinajstić information content (AvgIpc) is 2.53. The maximum absolute atomic E-state index is 12.1. The lowest BCUT2D eigenvalue weighted by Gasteiger charge is -2.11. The molecule has 0 radical (unpaired) electrons. The second-order valence-corrected chi connectivity index (χ2v) is 4.84. The van der Waals surface area contributed by atoms with Crippen molar-refractivity contribution in [3.63, 3.8) is 0 Å². The van der Waals surface area contributed by atoms with Crippen LogP contribution in [0.3, 0.4) is 0 Å². The predicted molar refractivity (Wildman–Crippen MR) is 99.5 cm³/mol. The Kier molecular flexibility index (Phi) is 11.0. The van der Waals surface area contributed by atoms with Crippen LogP contribution in [0.15, 0.2) is 48.8 Å². The van der Waals surface area contributed by atoms with Gasteiger partial charge in [-0.15, -0.1) is 24.8 Å². The molecule has 1 heterocycles. The second kappa shape index (κ2) is 11.9. The van der Waals surface area contributed by atoms with Gasteiger partial charge in [0.1, 0.15) is 0 Å². The van der Waals surface area contributed by atoms with Gasteiger partial charge in [-0.05, 0) is 42.3 Å². The molecule has 0 fully saturated rings. The Morgan fingerprint density at radius 2 is 1.78 bits per heavy atom. The first kappa shape index (κ1) is 21.4. The SMILES string of the molecule is CCNCc1ccccc1NC(=O)CCc1ccncc1.Cl.Cl. The molecule has 23 heavy (non-hydrogen) atoms. The van der Waals surface area contributed by atoms with Gasteiger partial charge in [-0.25, -0.2) is 0 Å². The molecule has 1 aromatic heterocycles. The first-order valence-corrected chi connectivity index (χ1v) is 7.27. The van der Waals surface area contributed by atoms with E-state index in [-0.39, 0.29) is 30.7 Å². The van der Waals surface area contributed by atoms with E-state index in [1.54, 1.807) is 12.4 Å². The molecule has 0 aliphatic carbocycles. The zero-order valence-electron chi connectivity index (χ0n) is 13.1. The van der Waals surface area contributed by atoms with Gasteiger partial charge in [0.25, 0.3) is 0 Å². The molecular formula is C17H23Cl2N3O. The van der Waals surface area contributed by atoms with Gasteiger partial charge in [-0.1, -0.05) is 25.1 Å². The number of anilines is 1. The number of amides is 1. The molecule has 2 rings (SSSR count). The quantitative estimate of drug-likeness (QED) is 0.797. The average molecular weight is 356 g/mol. The molecule has 6 heteroatoms. The molecule has 0 saturated carbocycles. The summed E-state index contributed by atoms with van der Waals surface area (Å²) < 4.78 is 0. The molecule has 0 atom stereocenters. The number of halogens is 2. The van der Waals surface area contributed by atoms with Crippen molar-refractivity contribution >= 4 is 36.4 Å². The smallest absolute Gasteiger partial charge is 0.224 e. The van der Waals surface area contributed by atoms with E-state index in [0.29, 0.717) is 6.42 Å². The molecular weight excluding hydrogens is 333 g/mol. The highest BCUT2D eigenvalue weighted by molar-refractivity contribution is 5.91. The third-order valence-corrected chi connectivity index (χ3v) is 3.25. The van der Waals surface area contributed by atoms with E-state index >= 15 is 0 Å². The molecule has 4 nitrogen and oxygen atoms in total. The fourth-order valence-electron chi connectivity index (χ4n) is 2.08. The number of hydrogen-bond acceptors (Lipinski definition) is 3. The van der Waals surface area contributed by atoms with Gasteiger partial charge in [0.05, 0.1) is 0 Å². The molecule has 0 aliphatic heterocycles. The summed E-state index contributed by atoms with van der Waals surface area (Å²) in [4.78, 5) is 16.0. The van der Waals surface area contributed by atoms with Crippen LogP contribution >= 0.6 is 24.8 Å². The molecule has 2 N–H and O–H groups in total. The third-order valence-electron chi connectivity index (χ3n) is 3.25. The van der Waals surface area contributed by atoms with Crippen LogP contribution in [0.25, 0.3) is 0 Å². The molecule has 0 saturated heterocycles. The van der Waals surface area contributed by atoms with Crippen molar-refractivity contribution in [2.24, 2.45) is 0 Å². The summed E-state index contributed by atoms with van der Waals surface area (Å²) in [6.45, 7) is 3.73. The molecule has 2 aromatic rings. The first-order chi connectivity index (χ1) is 10.3. The lowest BCUT2D eigenvalue weighted by molar-refractivity contribution is -0.116. The van der Waals surface area contributed by atoms with Crippen molar-refractivity contribution < 1.29 is 4.79 Å². The summed E-state index contributed by atoms with van der Waals surface area (Å²) in [5, 5.41) is 6.27. The van der Waals surface area contributed by atoms with Crippen molar-refractivity contribution in [3.05, 3.63) is 59.9 Å². The number of para-hydroxylation sites is 1. The van der Waals surface area contributed by atoms with Gasteiger partial charge in [-0.2, -0.15) is 0 Å². The van der Waals surface area contributed by atoms with E-state index in [0.717, 1.165) is 36.3 Å². The monoisotopic (exact) mass is 355 g/mol. The largest absolute Gasteiger partial charge is 0.326 e. The maximum Gasteiger partial charge on any atom is 0.224 e. The number of benzene rings is 1. The Balaban J connectivity index is 0.00000242. The van der Waals surface area contributed by atoms with Crippen molar-refractivity contribution in [1.29, 1.82) is 0 Å². The van der Waals surface area contributed by atoms with Crippen LogP contribution in [0, 0.1) is 0 Å². The Bertz CT molecular complexity index is 579. The number of pyridine rings is 1. The third kappa shape index (κ3) is 7.46. The molecule has 0 unspecified atom stereocenters. The Labute approximate surface area is 149 Å². The van der Waals surface area contributed by atoms with Gasteiger partial charge in [0, 0.05) is 31.0 Å². The molecule has 0 aliphatic rings. The molecule has 1 amide bonds. The number of aromatic nitrogens is 1. The summed E-state index contributed by atoms with van der Waals surface area (Å²) in [6.07, 6.45) is 4.70. The van der Waals surface area contributed by atoms with Gasteiger partial charge in [0.2, 0.25) is 5.91 Å². The van der Waals surface area contributed by atoms with Gasteiger partial charge in [0.15, 0.2) is 0 Å². The van der Waals surface area contributed by atoms with E-state index in [9.17, 15) is 4.79 Å².